The van der Waals surface area contributed by atoms with Gasteiger partial charge in [-0.25, -0.2) is 4.39 Å². The summed E-state index contributed by atoms with van der Waals surface area (Å²) in [6.45, 7) is 4.00. The summed E-state index contributed by atoms with van der Waals surface area (Å²) in [5.41, 5.74) is 8.26. The molecule has 1 atom stereocenters. The van der Waals surface area contributed by atoms with Crippen molar-refractivity contribution in [2.24, 2.45) is 12.8 Å². The fourth-order valence-electron chi connectivity index (χ4n) is 1.87. The zero-order valence-electron chi connectivity index (χ0n) is 11.4. The number of nitrogens with zero attached hydrogens (tertiary/aromatic N) is 2. The molecular weight excluding hydrogens is 245 g/mol. The summed E-state index contributed by atoms with van der Waals surface area (Å²) in [5, 5.41) is 4.21. The molecule has 1 unspecified atom stereocenters. The van der Waals surface area contributed by atoms with Gasteiger partial charge in [0.05, 0.1) is 11.4 Å². The highest BCUT2D eigenvalue weighted by atomic mass is 19.1. The van der Waals surface area contributed by atoms with Crippen LogP contribution < -0.4 is 10.5 Å². The summed E-state index contributed by atoms with van der Waals surface area (Å²) >= 11 is 0. The Morgan fingerprint density at radius 2 is 2.16 bits per heavy atom. The predicted molar refractivity (Wildman–Crippen MR) is 71.3 cm³/mol. The first-order chi connectivity index (χ1) is 8.97. The Morgan fingerprint density at radius 3 is 2.68 bits per heavy atom. The maximum absolute atomic E-state index is 13.8. The number of rotatable bonds is 4. The Kier molecular flexibility index (Phi) is 3.85. The van der Waals surface area contributed by atoms with E-state index >= 15 is 0 Å². The van der Waals surface area contributed by atoms with Gasteiger partial charge in [0.2, 0.25) is 0 Å². The van der Waals surface area contributed by atoms with E-state index < -0.39 is 5.82 Å². The van der Waals surface area contributed by atoms with Crippen molar-refractivity contribution in [3.05, 3.63) is 47.0 Å². The van der Waals surface area contributed by atoms with E-state index in [1.54, 1.807) is 16.8 Å². The number of halogens is 1. The molecule has 0 saturated carbocycles. The van der Waals surface area contributed by atoms with Crippen LogP contribution in [0.3, 0.4) is 0 Å². The molecule has 19 heavy (non-hydrogen) atoms. The topological polar surface area (TPSA) is 53.1 Å². The Morgan fingerprint density at radius 1 is 1.42 bits per heavy atom. The van der Waals surface area contributed by atoms with Crippen LogP contribution in [-0.4, -0.2) is 9.78 Å². The number of hydrogen-bond acceptors (Lipinski definition) is 3. The van der Waals surface area contributed by atoms with Crippen LogP contribution in [0.4, 0.5) is 4.39 Å². The minimum atomic E-state index is -0.395. The molecule has 0 fully saturated rings. The van der Waals surface area contributed by atoms with Gasteiger partial charge in [-0.2, -0.15) is 5.10 Å². The lowest BCUT2D eigenvalue weighted by molar-refractivity contribution is 0.280. The van der Waals surface area contributed by atoms with Crippen LogP contribution in [-0.2, 0) is 13.7 Å². The molecule has 0 spiro atoms. The van der Waals surface area contributed by atoms with Gasteiger partial charge < -0.3 is 10.5 Å². The third kappa shape index (κ3) is 3.12. The highest BCUT2D eigenvalue weighted by molar-refractivity contribution is 5.30. The van der Waals surface area contributed by atoms with E-state index in [9.17, 15) is 4.39 Å². The summed E-state index contributed by atoms with van der Waals surface area (Å²) in [6.07, 6.45) is 0. The fraction of sp³-hybridized carbons (Fsp3) is 0.357. The smallest absolute Gasteiger partial charge is 0.165 e. The lowest BCUT2D eigenvalue weighted by Gasteiger charge is -2.10. The fourth-order valence-corrected chi connectivity index (χ4v) is 1.87. The molecule has 0 radical (unpaired) electrons. The molecule has 5 heteroatoms. The SMILES string of the molecule is Cc1cc(COc2ccc(C(C)N)cc2F)n(C)n1. The van der Waals surface area contributed by atoms with Crippen molar-refractivity contribution in [3.8, 4) is 5.75 Å². The van der Waals surface area contributed by atoms with E-state index in [2.05, 4.69) is 5.10 Å². The maximum atomic E-state index is 13.8. The predicted octanol–water partition coefficient (Wildman–Crippen LogP) is 2.47. The van der Waals surface area contributed by atoms with E-state index in [1.165, 1.54) is 6.07 Å². The molecule has 1 aromatic carbocycles. The van der Waals surface area contributed by atoms with Gasteiger partial charge in [-0.3, -0.25) is 4.68 Å². The first-order valence-corrected chi connectivity index (χ1v) is 6.14. The molecule has 4 nitrogen and oxygen atoms in total. The summed E-state index contributed by atoms with van der Waals surface area (Å²) in [6, 6.07) is 6.51. The summed E-state index contributed by atoms with van der Waals surface area (Å²) in [4.78, 5) is 0. The summed E-state index contributed by atoms with van der Waals surface area (Å²) < 4.78 is 21.0. The molecule has 2 rings (SSSR count). The molecule has 0 bridgehead atoms. The first-order valence-electron chi connectivity index (χ1n) is 6.14. The van der Waals surface area contributed by atoms with Gasteiger partial charge in [0, 0.05) is 13.1 Å². The van der Waals surface area contributed by atoms with Gasteiger partial charge in [-0.15, -0.1) is 0 Å². The van der Waals surface area contributed by atoms with Crippen molar-refractivity contribution in [1.29, 1.82) is 0 Å². The van der Waals surface area contributed by atoms with Crippen molar-refractivity contribution in [3.63, 3.8) is 0 Å². The van der Waals surface area contributed by atoms with Crippen molar-refractivity contribution in [1.82, 2.24) is 9.78 Å². The van der Waals surface area contributed by atoms with Gasteiger partial charge in [0.1, 0.15) is 6.61 Å². The van der Waals surface area contributed by atoms with E-state index in [0.29, 0.717) is 0 Å². The highest BCUT2D eigenvalue weighted by Crippen LogP contribution is 2.22. The van der Waals surface area contributed by atoms with Crippen LogP contribution in [0.15, 0.2) is 24.3 Å². The minimum absolute atomic E-state index is 0.191. The third-order valence-electron chi connectivity index (χ3n) is 2.96. The molecule has 0 amide bonds. The van der Waals surface area contributed by atoms with E-state index in [-0.39, 0.29) is 18.4 Å². The Hall–Kier alpha value is -1.88. The normalized spacial score (nSPS) is 12.5. The van der Waals surface area contributed by atoms with Gasteiger partial charge in [0.25, 0.3) is 0 Å². The van der Waals surface area contributed by atoms with Crippen molar-refractivity contribution < 1.29 is 9.13 Å². The van der Waals surface area contributed by atoms with Gasteiger partial charge >= 0.3 is 0 Å². The Bertz CT molecular complexity index is 578. The largest absolute Gasteiger partial charge is 0.484 e. The number of aromatic nitrogens is 2. The maximum Gasteiger partial charge on any atom is 0.165 e. The number of aryl methyl sites for hydroxylation is 2. The van der Waals surface area contributed by atoms with E-state index in [4.69, 9.17) is 10.5 Å². The van der Waals surface area contributed by atoms with Crippen LogP contribution in [0.2, 0.25) is 0 Å². The number of ether oxygens (including phenoxy) is 1. The molecular formula is C14H18FN3O. The average Bonchev–Trinajstić information content (AvgIpc) is 2.66. The van der Waals surface area contributed by atoms with Crippen LogP contribution >= 0.6 is 0 Å². The first kappa shape index (κ1) is 13.5. The van der Waals surface area contributed by atoms with Crippen molar-refractivity contribution in [2.45, 2.75) is 26.5 Å². The number of hydrogen-bond donors (Lipinski definition) is 1. The van der Waals surface area contributed by atoms with Gasteiger partial charge in [-0.1, -0.05) is 6.07 Å². The van der Waals surface area contributed by atoms with Crippen LogP contribution in [0.1, 0.15) is 29.9 Å². The monoisotopic (exact) mass is 263 g/mol. The Labute approximate surface area is 112 Å². The number of benzene rings is 1. The second kappa shape index (κ2) is 5.40. The standard InChI is InChI=1S/C14H18FN3O/c1-9-6-12(18(3)17-9)8-19-14-5-4-11(10(2)16)7-13(14)15/h4-7,10H,8,16H2,1-3H3. The molecule has 0 aliphatic rings. The second-order valence-corrected chi connectivity index (χ2v) is 4.67. The summed E-state index contributed by atoms with van der Waals surface area (Å²) in [5.74, 6) is -0.169. The van der Waals surface area contributed by atoms with Crippen molar-refractivity contribution >= 4 is 0 Å². The molecule has 2 aromatic rings. The lowest BCUT2D eigenvalue weighted by Crippen LogP contribution is -2.07. The Balaban J connectivity index is 2.10. The van der Waals surface area contributed by atoms with E-state index in [1.807, 2.05) is 27.0 Å². The molecule has 1 aromatic heterocycles. The van der Waals surface area contributed by atoms with Gasteiger partial charge in [-0.05, 0) is 37.6 Å². The summed E-state index contributed by atoms with van der Waals surface area (Å²) in [7, 11) is 1.83. The van der Waals surface area contributed by atoms with Gasteiger partial charge in [0.15, 0.2) is 11.6 Å². The molecule has 2 N–H and O–H groups in total. The molecule has 0 aliphatic carbocycles. The molecule has 0 aliphatic heterocycles. The minimum Gasteiger partial charge on any atom is -0.484 e. The highest BCUT2D eigenvalue weighted by Gasteiger charge is 2.09. The zero-order valence-corrected chi connectivity index (χ0v) is 11.4. The second-order valence-electron chi connectivity index (χ2n) is 4.67. The number of nitrogens with two attached hydrogens (primary N) is 1. The zero-order chi connectivity index (χ0) is 14.0. The lowest BCUT2D eigenvalue weighted by atomic mass is 10.1. The third-order valence-corrected chi connectivity index (χ3v) is 2.96. The molecule has 0 saturated heterocycles. The quantitative estimate of drug-likeness (QED) is 0.922. The van der Waals surface area contributed by atoms with Crippen LogP contribution in [0.25, 0.3) is 0 Å². The molecule has 102 valence electrons. The average molecular weight is 263 g/mol. The van der Waals surface area contributed by atoms with Crippen molar-refractivity contribution in [2.75, 3.05) is 0 Å². The van der Waals surface area contributed by atoms with Crippen LogP contribution in [0, 0.1) is 12.7 Å². The van der Waals surface area contributed by atoms with Crippen LogP contribution in [0.5, 0.6) is 5.75 Å². The molecule has 1 heterocycles. The van der Waals surface area contributed by atoms with E-state index in [0.717, 1.165) is 17.0 Å².